The number of aliphatic hydroxyl groups is 1. The number of nitrogens with zero attached hydrogens (tertiary/aromatic N) is 3. The van der Waals surface area contributed by atoms with Gasteiger partial charge < -0.3 is 19.0 Å². The maximum Gasteiger partial charge on any atom is 0.192 e. The molecule has 1 fully saturated rings. The number of hydrogen-bond acceptors (Lipinski definition) is 6. The van der Waals surface area contributed by atoms with Crippen LogP contribution in [0.1, 0.15) is 53.1 Å². The van der Waals surface area contributed by atoms with Crippen molar-refractivity contribution in [1.82, 2.24) is 20.1 Å². The number of aromatic amines is 1. The Morgan fingerprint density at radius 2 is 1.86 bits per heavy atom. The molecule has 7 nitrogen and oxygen atoms in total. The van der Waals surface area contributed by atoms with E-state index >= 15 is 0 Å². The minimum Gasteiger partial charge on any atom is -0.457 e. The van der Waals surface area contributed by atoms with Gasteiger partial charge in [-0.2, -0.15) is 0 Å². The summed E-state index contributed by atoms with van der Waals surface area (Å²) in [5.74, 6) is 2.46. The minimum atomic E-state index is -1.69. The van der Waals surface area contributed by atoms with Gasteiger partial charge in [-0.3, -0.25) is 4.98 Å². The van der Waals surface area contributed by atoms with Gasteiger partial charge in [0.25, 0.3) is 0 Å². The molecule has 2 N–H and O–H groups in total. The molecular formula is C29H24N4O3. The summed E-state index contributed by atoms with van der Waals surface area (Å²) in [5.41, 5.74) is 4.15. The molecule has 0 aliphatic heterocycles. The molecule has 36 heavy (non-hydrogen) atoms. The van der Waals surface area contributed by atoms with Crippen LogP contribution in [-0.4, -0.2) is 25.2 Å². The third-order valence-corrected chi connectivity index (χ3v) is 7.10. The molecule has 1 aliphatic carbocycles. The molecule has 7 heteroatoms. The van der Waals surface area contributed by atoms with Crippen LogP contribution < -0.4 is 0 Å². The van der Waals surface area contributed by atoms with Crippen LogP contribution in [0.3, 0.4) is 0 Å². The largest absolute Gasteiger partial charge is 0.457 e. The van der Waals surface area contributed by atoms with Crippen molar-refractivity contribution in [2.45, 2.75) is 38.2 Å². The van der Waals surface area contributed by atoms with E-state index in [0.29, 0.717) is 39.8 Å². The van der Waals surface area contributed by atoms with Gasteiger partial charge in [0, 0.05) is 28.6 Å². The maximum atomic E-state index is 12.7. The van der Waals surface area contributed by atoms with Crippen LogP contribution in [0.15, 0.2) is 75.8 Å². The Labute approximate surface area is 206 Å². The van der Waals surface area contributed by atoms with Gasteiger partial charge >= 0.3 is 0 Å². The summed E-state index contributed by atoms with van der Waals surface area (Å²) in [6, 6.07) is 19.2. The fourth-order valence-electron chi connectivity index (χ4n) is 5.14. The van der Waals surface area contributed by atoms with Gasteiger partial charge in [-0.15, -0.1) is 0 Å². The van der Waals surface area contributed by atoms with Crippen molar-refractivity contribution >= 4 is 22.0 Å². The van der Waals surface area contributed by atoms with Crippen molar-refractivity contribution < 1.29 is 14.0 Å². The summed E-state index contributed by atoms with van der Waals surface area (Å²) in [7, 11) is 0. The van der Waals surface area contributed by atoms with Crippen LogP contribution in [0.2, 0.25) is 0 Å². The number of rotatable bonds is 5. The van der Waals surface area contributed by atoms with Gasteiger partial charge in [0.05, 0.1) is 22.4 Å². The Kier molecular flexibility index (Phi) is 4.47. The molecule has 0 radical (unpaired) electrons. The molecule has 4 heterocycles. The molecule has 0 saturated heterocycles. The smallest absolute Gasteiger partial charge is 0.192 e. The average molecular weight is 477 g/mol. The third-order valence-electron chi connectivity index (χ3n) is 7.10. The van der Waals surface area contributed by atoms with E-state index in [4.69, 9.17) is 13.9 Å². The van der Waals surface area contributed by atoms with Crippen molar-refractivity contribution in [2.75, 3.05) is 0 Å². The molecule has 1 saturated carbocycles. The quantitative estimate of drug-likeness (QED) is 0.310. The molecule has 0 spiro atoms. The summed E-state index contributed by atoms with van der Waals surface area (Å²) in [6.45, 7) is 3.81. The lowest BCUT2D eigenvalue weighted by molar-refractivity contribution is 0.0979. The number of aromatic nitrogens is 4. The Morgan fingerprint density at radius 3 is 2.58 bits per heavy atom. The Bertz CT molecular complexity index is 1690. The standard InChI is InChI=1S/C29H24N4O3/c1-16-26(17(2)36-33-16)20-13-21(27-22(14-20)31-28(32-27)18-10-11-18)29(34,24-9-5-6-12-30-24)25-15-19-7-3-4-8-23(19)35-25/h3-9,12-15,18,34H,10-11H2,1-2H3,(H,31,32). The van der Waals surface area contributed by atoms with Gasteiger partial charge in [0.15, 0.2) is 5.60 Å². The lowest BCUT2D eigenvalue weighted by Gasteiger charge is -2.27. The molecular weight excluding hydrogens is 452 g/mol. The second kappa shape index (κ2) is 7.63. The number of imidazole rings is 1. The number of aryl methyl sites for hydroxylation is 2. The fraction of sp³-hybridized carbons (Fsp3) is 0.207. The zero-order valence-electron chi connectivity index (χ0n) is 19.9. The monoisotopic (exact) mass is 476 g/mol. The zero-order valence-corrected chi connectivity index (χ0v) is 19.9. The average Bonchev–Trinajstić information content (AvgIpc) is 3.36. The van der Waals surface area contributed by atoms with Crippen LogP contribution in [0.5, 0.6) is 0 Å². The van der Waals surface area contributed by atoms with E-state index in [2.05, 4.69) is 21.2 Å². The molecule has 6 aromatic rings. The first-order valence-corrected chi connectivity index (χ1v) is 12.1. The second-order valence-electron chi connectivity index (χ2n) is 9.59. The SMILES string of the molecule is Cc1noc(C)c1-c1cc(C(O)(c2ccccn2)c2cc3ccccc3o2)c2nc(C3CC3)[nH]c2c1. The number of furan rings is 1. The topological polar surface area (TPSA) is 101 Å². The van der Waals surface area contributed by atoms with Crippen LogP contribution in [0, 0.1) is 13.8 Å². The van der Waals surface area contributed by atoms with E-state index in [1.807, 2.05) is 68.4 Å². The molecule has 1 atom stereocenters. The molecule has 0 bridgehead atoms. The van der Waals surface area contributed by atoms with Crippen molar-refractivity contribution in [3.8, 4) is 11.1 Å². The van der Waals surface area contributed by atoms with Crippen LogP contribution in [0.4, 0.5) is 0 Å². The number of hydrogen-bond donors (Lipinski definition) is 2. The number of pyridine rings is 1. The highest BCUT2D eigenvalue weighted by atomic mass is 16.5. The molecule has 1 aliphatic rings. The first kappa shape index (κ1) is 21.1. The highest BCUT2D eigenvalue weighted by Gasteiger charge is 2.42. The summed E-state index contributed by atoms with van der Waals surface area (Å²) >= 11 is 0. The molecule has 178 valence electrons. The van der Waals surface area contributed by atoms with Crippen LogP contribution in [0.25, 0.3) is 33.1 Å². The third kappa shape index (κ3) is 3.13. The summed E-state index contributed by atoms with van der Waals surface area (Å²) in [5, 5.41) is 17.8. The Morgan fingerprint density at radius 1 is 1.03 bits per heavy atom. The van der Waals surface area contributed by atoms with E-state index in [-0.39, 0.29) is 0 Å². The molecule has 1 unspecified atom stereocenters. The zero-order chi connectivity index (χ0) is 24.4. The first-order valence-electron chi connectivity index (χ1n) is 12.1. The van der Waals surface area contributed by atoms with E-state index in [1.54, 1.807) is 6.20 Å². The van der Waals surface area contributed by atoms with Crippen molar-refractivity contribution in [3.05, 3.63) is 101 Å². The van der Waals surface area contributed by atoms with E-state index in [1.165, 1.54) is 0 Å². The first-order chi connectivity index (χ1) is 17.5. The number of H-pyrrole nitrogens is 1. The molecule has 0 amide bonds. The van der Waals surface area contributed by atoms with E-state index < -0.39 is 5.60 Å². The minimum absolute atomic E-state index is 0.385. The number of nitrogens with one attached hydrogen (secondary N) is 1. The van der Waals surface area contributed by atoms with Crippen molar-refractivity contribution in [2.24, 2.45) is 0 Å². The maximum absolute atomic E-state index is 12.7. The summed E-state index contributed by atoms with van der Waals surface area (Å²) in [4.78, 5) is 13.1. The highest BCUT2D eigenvalue weighted by Crippen LogP contribution is 2.45. The van der Waals surface area contributed by atoms with Gasteiger partial charge in [0.1, 0.15) is 22.9 Å². The number of benzene rings is 2. The van der Waals surface area contributed by atoms with Crippen LogP contribution >= 0.6 is 0 Å². The molecule has 2 aromatic carbocycles. The van der Waals surface area contributed by atoms with Crippen molar-refractivity contribution in [3.63, 3.8) is 0 Å². The highest BCUT2D eigenvalue weighted by molar-refractivity contribution is 5.88. The Balaban J connectivity index is 1.57. The van der Waals surface area contributed by atoms with Gasteiger partial charge in [-0.1, -0.05) is 29.4 Å². The predicted octanol–water partition coefficient (Wildman–Crippen LogP) is 6.14. The van der Waals surface area contributed by atoms with Crippen LogP contribution in [-0.2, 0) is 5.60 Å². The number of fused-ring (bicyclic) bond motifs is 2. The van der Waals surface area contributed by atoms with Gasteiger partial charge in [-0.25, -0.2) is 4.98 Å². The van der Waals surface area contributed by atoms with E-state index in [0.717, 1.165) is 46.4 Å². The Hall–Kier alpha value is -4.23. The lowest BCUT2D eigenvalue weighted by Crippen LogP contribution is -2.30. The second-order valence-corrected chi connectivity index (χ2v) is 9.59. The molecule has 4 aromatic heterocycles. The predicted molar refractivity (Wildman–Crippen MR) is 136 cm³/mol. The normalized spacial score (nSPS) is 15.5. The summed E-state index contributed by atoms with van der Waals surface area (Å²) in [6.07, 6.45) is 3.90. The van der Waals surface area contributed by atoms with Gasteiger partial charge in [0.2, 0.25) is 0 Å². The van der Waals surface area contributed by atoms with Gasteiger partial charge in [-0.05, 0) is 68.7 Å². The van der Waals surface area contributed by atoms with Crippen molar-refractivity contribution in [1.29, 1.82) is 0 Å². The lowest BCUT2D eigenvalue weighted by atomic mass is 9.84. The fourth-order valence-corrected chi connectivity index (χ4v) is 5.14. The molecule has 7 rings (SSSR count). The number of para-hydroxylation sites is 1. The van der Waals surface area contributed by atoms with E-state index in [9.17, 15) is 5.11 Å². The summed E-state index contributed by atoms with van der Waals surface area (Å²) < 4.78 is 11.8.